The van der Waals surface area contributed by atoms with Crippen molar-refractivity contribution in [1.82, 2.24) is 5.32 Å². The molecule has 1 rings (SSSR count). The number of hydrogen-bond donors (Lipinski definition) is 1. The molecule has 0 aromatic carbocycles. The Labute approximate surface area is 100 Å². The van der Waals surface area contributed by atoms with E-state index in [4.69, 9.17) is 0 Å². The molecule has 1 aliphatic carbocycles. The van der Waals surface area contributed by atoms with Crippen molar-refractivity contribution >= 4 is 5.78 Å². The Balaban J connectivity index is 2.38. The van der Waals surface area contributed by atoms with Gasteiger partial charge in [-0.1, -0.05) is 13.8 Å². The molecule has 0 aliphatic heterocycles. The molecule has 0 radical (unpaired) electrons. The lowest BCUT2D eigenvalue weighted by Gasteiger charge is -2.32. The van der Waals surface area contributed by atoms with Crippen molar-refractivity contribution < 1.29 is 4.79 Å². The van der Waals surface area contributed by atoms with E-state index in [1.54, 1.807) is 0 Å². The van der Waals surface area contributed by atoms with Crippen molar-refractivity contribution in [1.29, 1.82) is 0 Å². The van der Waals surface area contributed by atoms with E-state index in [1.807, 2.05) is 0 Å². The molecule has 0 spiro atoms. The van der Waals surface area contributed by atoms with Crippen LogP contribution in [0.3, 0.4) is 0 Å². The van der Waals surface area contributed by atoms with Crippen molar-refractivity contribution in [3.8, 4) is 0 Å². The van der Waals surface area contributed by atoms with Crippen LogP contribution in [0, 0.1) is 17.8 Å². The molecule has 0 bridgehead atoms. The van der Waals surface area contributed by atoms with E-state index < -0.39 is 0 Å². The highest BCUT2D eigenvalue weighted by Gasteiger charge is 2.29. The fraction of sp³-hybridized carbons (Fsp3) is 0.929. The summed E-state index contributed by atoms with van der Waals surface area (Å²) in [6.07, 6.45) is 3.40. The van der Waals surface area contributed by atoms with Crippen LogP contribution in [0.4, 0.5) is 0 Å². The molecule has 16 heavy (non-hydrogen) atoms. The molecule has 3 atom stereocenters. The van der Waals surface area contributed by atoms with Crippen LogP contribution < -0.4 is 5.32 Å². The standard InChI is InChI=1S/C14H27NO/c1-10-6-7-12(8-11(10)2)13(16)9-15-14(3,4)5/h10-12,15H,6-9H2,1-5H3. The first-order valence-corrected chi connectivity index (χ1v) is 6.57. The van der Waals surface area contributed by atoms with Crippen LogP contribution in [0.15, 0.2) is 0 Å². The summed E-state index contributed by atoms with van der Waals surface area (Å²) in [5.74, 6) is 2.21. The second-order valence-corrected chi connectivity index (χ2v) is 6.53. The number of ketones is 1. The lowest BCUT2D eigenvalue weighted by molar-refractivity contribution is -0.124. The van der Waals surface area contributed by atoms with Gasteiger partial charge < -0.3 is 5.32 Å². The maximum absolute atomic E-state index is 12.0. The van der Waals surface area contributed by atoms with E-state index in [2.05, 4.69) is 39.9 Å². The summed E-state index contributed by atoms with van der Waals surface area (Å²) in [5.41, 5.74) is 0.0449. The van der Waals surface area contributed by atoms with E-state index >= 15 is 0 Å². The number of Topliss-reactive ketones (excluding diaryl/α,β-unsaturated/α-hetero) is 1. The minimum Gasteiger partial charge on any atom is -0.305 e. The largest absolute Gasteiger partial charge is 0.305 e. The Hall–Kier alpha value is -0.370. The minimum absolute atomic E-state index is 0.0449. The predicted octanol–water partition coefficient (Wildman–Crippen LogP) is 3.02. The molecule has 1 aliphatic rings. The van der Waals surface area contributed by atoms with Gasteiger partial charge in [-0.15, -0.1) is 0 Å². The number of rotatable bonds is 3. The Morgan fingerprint density at radius 3 is 2.31 bits per heavy atom. The van der Waals surface area contributed by atoms with Gasteiger partial charge >= 0.3 is 0 Å². The number of nitrogens with one attached hydrogen (secondary N) is 1. The highest BCUT2D eigenvalue weighted by molar-refractivity contribution is 5.83. The first-order valence-electron chi connectivity index (χ1n) is 6.57. The van der Waals surface area contributed by atoms with Gasteiger partial charge in [-0.05, 0) is 51.9 Å². The normalized spacial score (nSPS) is 31.4. The summed E-state index contributed by atoms with van der Waals surface area (Å²) in [7, 11) is 0. The summed E-state index contributed by atoms with van der Waals surface area (Å²) in [6, 6.07) is 0. The molecular weight excluding hydrogens is 198 g/mol. The third kappa shape index (κ3) is 4.25. The van der Waals surface area contributed by atoms with E-state index in [1.165, 1.54) is 6.42 Å². The molecule has 0 amide bonds. The third-order valence-corrected chi connectivity index (χ3v) is 3.85. The summed E-state index contributed by atoms with van der Waals surface area (Å²) >= 11 is 0. The summed E-state index contributed by atoms with van der Waals surface area (Å²) < 4.78 is 0. The van der Waals surface area contributed by atoms with E-state index in [-0.39, 0.29) is 5.54 Å². The molecule has 3 unspecified atom stereocenters. The van der Waals surface area contributed by atoms with Crippen molar-refractivity contribution in [3.63, 3.8) is 0 Å². The van der Waals surface area contributed by atoms with Crippen molar-refractivity contribution in [2.75, 3.05) is 6.54 Å². The fourth-order valence-corrected chi connectivity index (χ4v) is 2.34. The van der Waals surface area contributed by atoms with Gasteiger partial charge in [-0.2, -0.15) is 0 Å². The first-order chi connectivity index (χ1) is 7.29. The van der Waals surface area contributed by atoms with Crippen molar-refractivity contribution in [3.05, 3.63) is 0 Å². The van der Waals surface area contributed by atoms with Gasteiger partial charge in [0.25, 0.3) is 0 Å². The number of carbonyl (C=O) groups excluding carboxylic acids is 1. The zero-order valence-electron chi connectivity index (χ0n) is 11.5. The van der Waals surface area contributed by atoms with Gasteiger partial charge in [0, 0.05) is 11.5 Å². The highest BCUT2D eigenvalue weighted by Crippen LogP contribution is 2.33. The molecule has 2 nitrogen and oxygen atoms in total. The average molecular weight is 225 g/mol. The molecule has 94 valence electrons. The summed E-state index contributed by atoms with van der Waals surface area (Å²) in [6.45, 7) is 11.4. The summed E-state index contributed by atoms with van der Waals surface area (Å²) in [4.78, 5) is 12.0. The third-order valence-electron chi connectivity index (χ3n) is 3.85. The zero-order chi connectivity index (χ0) is 12.3. The molecule has 1 fully saturated rings. The Morgan fingerprint density at radius 2 is 1.81 bits per heavy atom. The second-order valence-electron chi connectivity index (χ2n) is 6.53. The average Bonchev–Trinajstić information content (AvgIpc) is 2.17. The van der Waals surface area contributed by atoms with Gasteiger partial charge in [-0.25, -0.2) is 0 Å². The van der Waals surface area contributed by atoms with E-state index in [0.29, 0.717) is 24.2 Å². The first kappa shape index (κ1) is 13.7. The monoisotopic (exact) mass is 225 g/mol. The molecule has 0 heterocycles. The second kappa shape index (κ2) is 5.31. The highest BCUT2D eigenvalue weighted by atomic mass is 16.1. The van der Waals surface area contributed by atoms with Gasteiger partial charge in [0.05, 0.1) is 6.54 Å². The Bertz CT molecular complexity index is 242. The van der Waals surface area contributed by atoms with Gasteiger partial charge in [0.2, 0.25) is 0 Å². The zero-order valence-corrected chi connectivity index (χ0v) is 11.5. The number of carbonyl (C=O) groups is 1. The number of hydrogen-bond acceptors (Lipinski definition) is 2. The van der Waals surface area contributed by atoms with Gasteiger partial charge in [-0.3, -0.25) is 4.79 Å². The quantitative estimate of drug-likeness (QED) is 0.800. The van der Waals surface area contributed by atoms with Crippen molar-refractivity contribution in [2.24, 2.45) is 17.8 Å². The topological polar surface area (TPSA) is 29.1 Å². The van der Waals surface area contributed by atoms with Crippen LogP contribution in [0.2, 0.25) is 0 Å². The molecule has 0 aromatic heterocycles. The maximum Gasteiger partial charge on any atom is 0.149 e. The lowest BCUT2D eigenvalue weighted by atomic mass is 9.74. The van der Waals surface area contributed by atoms with Crippen LogP contribution in [-0.4, -0.2) is 17.9 Å². The lowest BCUT2D eigenvalue weighted by Crippen LogP contribution is -2.42. The molecule has 1 saturated carbocycles. The molecular formula is C14H27NO. The van der Waals surface area contributed by atoms with E-state index in [0.717, 1.165) is 18.8 Å². The van der Waals surface area contributed by atoms with E-state index in [9.17, 15) is 4.79 Å². The maximum atomic E-state index is 12.0. The SMILES string of the molecule is CC1CCC(C(=O)CNC(C)(C)C)CC1C. The fourth-order valence-electron chi connectivity index (χ4n) is 2.34. The minimum atomic E-state index is 0.0449. The molecule has 1 N–H and O–H groups in total. The Kier molecular flexibility index (Phi) is 4.54. The van der Waals surface area contributed by atoms with Crippen LogP contribution >= 0.6 is 0 Å². The molecule has 2 heteroatoms. The van der Waals surface area contributed by atoms with Crippen LogP contribution in [0.5, 0.6) is 0 Å². The van der Waals surface area contributed by atoms with Crippen LogP contribution in [-0.2, 0) is 4.79 Å². The Morgan fingerprint density at radius 1 is 1.19 bits per heavy atom. The molecule has 0 saturated heterocycles. The van der Waals surface area contributed by atoms with Crippen LogP contribution in [0.1, 0.15) is 53.9 Å². The van der Waals surface area contributed by atoms with Gasteiger partial charge in [0.1, 0.15) is 5.78 Å². The molecule has 0 aromatic rings. The van der Waals surface area contributed by atoms with Crippen LogP contribution in [0.25, 0.3) is 0 Å². The van der Waals surface area contributed by atoms with Crippen molar-refractivity contribution in [2.45, 2.75) is 59.4 Å². The predicted molar refractivity (Wildman–Crippen MR) is 68.4 cm³/mol. The van der Waals surface area contributed by atoms with Gasteiger partial charge in [0.15, 0.2) is 0 Å². The summed E-state index contributed by atoms with van der Waals surface area (Å²) in [5, 5.41) is 3.30. The smallest absolute Gasteiger partial charge is 0.149 e.